The lowest BCUT2D eigenvalue weighted by atomic mass is 10.1. The van der Waals surface area contributed by atoms with Crippen LogP contribution in [0.25, 0.3) is 0 Å². The minimum absolute atomic E-state index is 0.116. The number of rotatable bonds is 6. The average molecular weight is 307 g/mol. The molecule has 0 bridgehead atoms. The molecule has 2 aromatic rings. The first-order chi connectivity index (χ1) is 10.1. The smallest absolute Gasteiger partial charge is 0.337 e. The lowest BCUT2D eigenvalue weighted by molar-refractivity contribution is -0.116. The molecule has 110 valence electrons. The number of carbonyl (C=O) groups is 2. The molecule has 4 nitrogen and oxygen atoms in total. The average Bonchev–Trinajstić information content (AvgIpc) is 2.94. The number of halogens is 1. The van der Waals surface area contributed by atoms with E-state index < -0.39 is 11.8 Å². The molecule has 6 heteroatoms. The van der Waals surface area contributed by atoms with Gasteiger partial charge in [-0.3, -0.25) is 4.79 Å². The fourth-order valence-corrected chi connectivity index (χ4v) is 2.64. The van der Waals surface area contributed by atoms with Crippen molar-refractivity contribution in [3.63, 3.8) is 0 Å². The van der Waals surface area contributed by atoms with E-state index in [1.807, 2.05) is 17.5 Å². The summed E-state index contributed by atoms with van der Waals surface area (Å²) in [5, 5.41) is 13.5. The molecule has 1 heterocycles. The molecule has 1 amide bonds. The first kappa shape index (κ1) is 15.2. The van der Waals surface area contributed by atoms with E-state index in [1.54, 1.807) is 11.3 Å². The van der Waals surface area contributed by atoms with Crippen molar-refractivity contribution >= 4 is 28.9 Å². The maximum absolute atomic E-state index is 13.0. The normalized spacial score (nSPS) is 10.3. The van der Waals surface area contributed by atoms with Crippen LogP contribution in [0.5, 0.6) is 0 Å². The fourth-order valence-electron chi connectivity index (χ4n) is 1.89. The van der Waals surface area contributed by atoms with Gasteiger partial charge in [-0.25, -0.2) is 9.18 Å². The van der Waals surface area contributed by atoms with Gasteiger partial charge in [0.1, 0.15) is 5.82 Å². The number of amides is 1. The Hall–Kier alpha value is -2.21. The number of hydrogen-bond acceptors (Lipinski definition) is 3. The molecule has 2 rings (SSSR count). The third kappa shape index (κ3) is 4.39. The maximum atomic E-state index is 13.0. The summed E-state index contributed by atoms with van der Waals surface area (Å²) in [4.78, 5) is 24.0. The van der Waals surface area contributed by atoms with Crippen molar-refractivity contribution in [2.75, 3.05) is 5.32 Å². The Kier molecular flexibility index (Phi) is 5.05. The predicted octanol–water partition coefficient (Wildman–Crippen LogP) is 3.55. The SMILES string of the molecule is O=C(CCCc1cccs1)Nc1ccc(F)cc1C(=O)O. The summed E-state index contributed by atoms with van der Waals surface area (Å²) in [6, 6.07) is 7.23. The topological polar surface area (TPSA) is 66.4 Å². The summed E-state index contributed by atoms with van der Waals surface area (Å²) in [6.07, 6.45) is 1.77. The Bertz CT molecular complexity index is 640. The van der Waals surface area contributed by atoms with E-state index in [9.17, 15) is 14.0 Å². The summed E-state index contributed by atoms with van der Waals surface area (Å²) < 4.78 is 13.0. The van der Waals surface area contributed by atoms with Crippen molar-refractivity contribution in [3.05, 3.63) is 52.0 Å². The van der Waals surface area contributed by atoms with Crippen LogP contribution in [0.15, 0.2) is 35.7 Å². The number of aromatic carboxylic acids is 1. The van der Waals surface area contributed by atoms with E-state index in [1.165, 1.54) is 10.9 Å². The number of carbonyl (C=O) groups excluding carboxylic acids is 1. The summed E-state index contributed by atoms with van der Waals surface area (Å²) in [5.41, 5.74) is -0.133. The summed E-state index contributed by atoms with van der Waals surface area (Å²) in [6.45, 7) is 0. The van der Waals surface area contributed by atoms with Crippen LogP contribution in [0.3, 0.4) is 0 Å². The summed E-state index contributed by atoms with van der Waals surface area (Å²) >= 11 is 1.64. The molecule has 0 spiro atoms. The van der Waals surface area contributed by atoms with Crippen molar-refractivity contribution in [3.8, 4) is 0 Å². The van der Waals surface area contributed by atoms with Gasteiger partial charge in [0, 0.05) is 11.3 Å². The van der Waals surface area contributed by atoms with Crippen molar-refractivity contribution in [2.45, 2.75) is 19.3 Å². The molecule has 1 aromatic heterocycles. The molecule has 0 radical (unpaired) electrons. The number of aryl methyl sites for hydroxylation is 1. The van der Waals surface area contributed by atoms with Gasteiger partial charge in [0.25, 0.3) is 0 Å². The second-order valence-electron chi connectivity index (χ2n) is 4.48. The van der Waals surface area contributed by atoms with Crippen LogP contribution in [0.4, 0.5) is 10.1 Å². The zero-order chi connectivity index (χ0) is 15.2. The first-order valence-electron chi connectivity index (χ1n) is 6.41. The van der Waals surface area contributed by atoms with Gasteiger partial charge in [0.2, 0.25) is 5.91 Å². The molecule has 0 fully saturated rings. The number of carboxylic acid groups (broad SMARTS) is 1. The molecule has 21 heavy (non-hydrogen) atoms. The first-order valence-corrected chi connectivity index (χ1v) is 7.29. The van der Waals surface area contributed by atoms with E-state index >= 15 is 0 Å². The van der Waals surface area contributed by atoms with E-state index in [2.05, 4.69) is 5.32 Å². The van der Waals surface area contributed by atoms with E-state index in [4.69, 9.17) is 5.11 Å². The van der Waals surface area contributed by atoms with Crippen LogP contribution in [-0.4, -0.2) is 17.0 Å². The molecule has 2 N–H and O–H groups in total. The highest BCUT2D eigenvalue weighted by atomic mass is 32.1. The Morgan fingerprint density at radius 1 is 1.29 bits per heavy atom. The zero-order valence-electron chi connectivity index (χ0n) is 11.1. The van der Waals surface area contributed by atoms with Gasteiger partial charge in [-0.05, 0) is 42.5 Å². The van der Waals surface area contributed by atoms with Crippen LogP contribution in [-0.2, 0) is 11.2 Å². The Labute approximate surface area is 125 Å². The highest BCUT2D eigenvalue weighted by Crippen LogP contribution is 2.18. The summed E-state index contributed by atoms with van der Waals surface area (Å²) in [5.74, 6) is -2.20. The highest BCUT2D eigenvalue weighted by Gasteiger charge is 2.13. The van der Waals surface area contributed by atoms with Crippen LogP contribution in [0.1, 0.15) is 28.1 Å². The molecule has 0 aliphatic heterocycles. The number of hydrogen-bond donors (Lipinski definition) is 2. The lowest BCUT2D eigenvalue weighted by Gasteiger charge is -2.08. The monoisotopic (exact) mass is 307 g/mol. The Morgan fingerprint density at radius 2 is 2.10 bits per heavy atom. The second kappa shape index (κ2) is 6.99. The standard InChI is InChI=1S/C15H14FNO3S/c16-10-6-7-13(12(9-10)15(19)20)17-14(18)5-1-3-11-4-2-8-21-11/h2,4,6-9H,1,3,5H2,(H,17,18)(H,19,20). The van der Waals surface area contributed by atoms with E-state index in [0.29, 0.717) is 6.42 Å². The number of benzene rings is 1. The number of nitrogens with one attached hydrogen (secondary N) is 1. The van der Waals surface area contributed by atoms with Crippen molar-refractivity contribution in [2.24, 2.45) is 0 Å². The highest BCUT2D eigenvalue weighted by molar-refractivity contribution is 7.09. The maximum Gasteiger partial charge on any atom is 0.337 e. The molecule has 0 atom stereocenters. The van der Waals surface area contributed by atoms with Gasteiger partial charge in [-0.1, -0.05) is 6.07 Å². The van der Waals surface area contributed by atoms with Gasteiger partial charge < -0.3 is 10.4 Å². The van der Waals surface area contributed by atoms with E-state index in [-0.39, 0.29) is 23.6 Å². The van der Waals surface area contributed by atoms with Gasteiger partial charge in [0.05, 0.1) is 11.3 Å². The summed E-state index contributed by atoms with van der Waals surface area (Å²) in [7, 11) is 0. The van der Waals surface area contributed by atoms with Crippen molar-refractivity contribution in [1.82, 2.24) is 0 Å². The third-order valence-corrected chi connectivity index (χ3v) is 3.83. The zero-order valence-corrected chi connectivity index (χ0v) is 12.0. The molecule has 0 aliphatic rings. The molecule has 0 saturated carbocycles. The van der Waals surface area contributed by atoms with Crippen LogP contribution < -0.4 is 5.32 Å². The largest absolute Gasteiger partial charge is 0.478 e. The van der Waals surface area contributed by atoms with Gasteiger partial charge in [0.15, 0.2) is 0 Å². The lowest BCUT2D eigenvalue weighted by Crippen LogP contribution is -2.14. The Morgan fingerprint density at radius 3 is 2.76 bits per heavy atom. The minimum atomic E-state index is -1.27. The molecular formula is C15H14FNO3S. The van der Waals surface area contributed by atoms with Crippen LogP contribution in [0.2, 0.25) is 0 Å². The van der Waals surface area contributed by atoms with Crippen LogP contribution in [0, 0.1) is 5.82 Å². The van der Waals surface area contributed by atoms with Gasteiger partial charge >= 0.3 is 5.97 Å². The molecule has 1 aromatic carbocycles. The predicted molar refractivity (Wildman–Crippen MR) is 79.2 cm³/mol. The van der Waals surface area contributed by atoms with Crippen LogP contribution >= 0.6 is 11.3 Å². The molecule has 0 saturated heterocycles. The van der Waals surface area contributed by atoms with Crippen molar-refractivity contribution in [1.29, 1.82) is 0 Å². The molecule has 0 aliphatic carbocycles. The Balaban J connectivity index is 1.92. The van der Waals surface area contributed by atoms with Crippen molar-refractivity contribution < 1.29 is 19.1 Å². The van der Waals surface area contributed by atoms with Gasteiger partial charge in [-0.15, -0.1) is 11.3 Å². The molecule has 0 unspecified atom stereocenters. The van der Waals surface area contributed by atoms with Gasteiger partial charge in [-0.2, -0.15) is 0 Å². The fraction of sp³-hybridized carbons (Fsp3) is 0.200. The van der Waals surface area contributed by atoms with E-state index in [0.717, 1.165) is 18.6 Å². The number of anilines is 1. The third-order valence-electron chi connectivity index (χ3n) is 2.89. The molecular weight excluding hydrogens is 293 g/mol. The second-order valence-corrected chi connectivity index (χ2v) is 5.51. The number of thiophene rings is 1. The quantitative estimate of drug-likeness (QED) is 0.857. The minimum Gasteiger partial charge on any atom is -0.478 e. The number of carboxylic acids is 1.